The van der Waals surface area contributed by atoms with Gasteiger partial charge in [0.1, 0.15) is 17.2 Å². The van der Waals surface area contributed by atoms with E-state index in [9.17, 15) is 9.30 Å². The summed E-state index contributed by atoms with van der Waals surface area (Å²) < 4.78 is 17.9. The van der Waals surface area contributed by atoms with Gasteiger partial charge in [-0.05, 0) is 37.0 Å². The van der Waals surface area contributed by atoms with Crippen LogP contribution in [0.3, 0.4) is 0 Å². The van der Waals surface area contributed by atoms with Crippen molar-refractivity contribution in [3.8, 4) is 5.69 Å². The number of allylic oxidation sites excluding steroid dienone is 1. The molecule has 5 rings (SSSR count). The van der Waals surface area contributed by atoms with E-state index in [4.69, 9.17) is 0 Å². The van der Waals surface area contributed by atoms with Crippen molar-refractivity contribution in [3.63, 3.8) is 0 Å². The maximum atomic E-state index is 13.9. The van der Waals surface area contributed by atoms with Gasteiger partial charge in [0.2, 0.25) is 12.0 Å². The number of fused-ring (bicyclic) bond motifs is 2. The van der Waals surface area contributed by atoms with Gasteiger partial charge in [0.25, 0.3) is 0 Å². The number of nitrogens with zero attached hydrogens (tertiary/aromatic N) is 4. The summed E-state index contributed by atoms with van der Waals surface area (Å²) in [4.78, 5) is 11.1. The zero-order chi connectivity index (χ0) is 19.3. The smallest absolute Gasteiger partial charge is 0.230 e. The van der Waals surface area contributed by atoms with Gasteiger partial charge in [-0.15, -0.1) is 10.0 Å². The third-order valence-electron chi connectivity index (χ3n) is 5.56. The van der Waals surface area contributed by atoms with E-state index >= 15 is 0 Å². The molecule has 0 bridgehead atoms. The van der Waals surface area contributed by atoms with E-state index in [1.165, 1.54) is 24.1 Å². The topological polar surface area (TPSA) is 50.6 Å². The molecule has 0 radical (unpaired) electrons. The second-order valence-corrected chi connectivity index (χ2v) is 7.18. The number of benzene rings is 2. The molecular formula is C22H18FN4O+. The Balaban J connectivity index is 1.89. The van der Waals surface area contributed by atoms with E-state index in [0.29, 0.717) is 5.71 Å². The number of hydrogen-bond acceptors (Lipinski definition) is 2. The van der Waals surface area contributed by atoms with Crippen molar-refractivity contribution in [3.05, 3.63) is 93.7 Å². The highest BCUT2D eigenvalue weighted by atomic mass is 19.1. The molecule has 138 valence electrons. The summed E-state index contributed by atoms with van der Waals surface area (Å²) >= 11 is 0. The van der Waals surface area contributed by atoms with Gasteiger partial charge in [0.15, 0.2) is 5.69 Å². The van der Waals surface area contributed by atoms with Crippen molar-refractivity contribution in [1.82, 2.24) is 4.57 Å². The predicted octanol–water partition coefficient (Wildman–Crippen LogP) is 4.26. The van der Waals surface area contributed by atoms with Crippen molar-refractivity contribution in [2.24, 2.45) is 17.4 Å². The number of aromatic nitrogens is 2. The highest BCUT2D eigenvalue weighted by Crippen LogP contribution is 2.43. The number of halogens is 1. The van der Waals surface area contributed by atoms with Crippen molar-refractivity contribution < 1.29 is 8.96 Å². The molecule has 0 unspecified atom stereocenters. The third kappa shape index (κ3) is 2.37. The Bertz CT molecular complexity index is 1180. The van der Waals surface area contributed by atoms with Crippen LogP contribution in [0.15, 0.2) is 70.8 Å². The summed E-state index contributed by atoms with van der Waals surface area (Å²) in [5, 5.41) is 6.78. The van der Waals surface area contributed by atoms with E-state index in [1.54, 1.807) is 6.07 Å². The molecule has 1 saturated carbocycles. The Hall–Kier alpha value is -3.41. The zero-order valence-corrected chi connectivity index (χ0v) is 15.4. The molecule has 28 heavy (non-hydrogen) atoms. The molecule has 0 N–H and O–H groups in total. The Morgan fingerprint density at radius 3 is 2.54 bits per heavy atom. The van der Waals surface area contributed by atoms with Crippen LogP contribution >= 0.6 is 0 Å². The van der Waals surface area contributed by atoms with Gasteiger partial charge in [-0.25, -0.2) is 8.96 Å². The highest BCUT2D eigenvalue weighted by Gasteiger charge is 2.39. The van der Waals surface area contributed by atoms with E-state index in [-0.39, 0.29) is 5.82 Å². The largest absolute Gasteiger partial charge is 0.249 e. The van der Waals surface area contributed by atoms with E-state index < -0.39 is 0 Å². The zero-order valence-electron chi connectivity index (χ0n) is 15.4. The lowest BCUT2D eigenvalue weighted by molar-refractivity contribution is -0.671. The van der Waals surface area contributed by atoms with E-state index in [1.807, 2.05) is 46.8 Å². The number of nitroso groups, excluding NO2 is 1. The normalized spacial score (nSPS) is 16.6. The molecule has 0 aliphatic heterocycles. The summed E-state index contributed by atoms with van der Waals surface area (Å²) in [5.41, 5.74) is 7.50. The highest BCUT2D eigenvalue weighted by molar-refractivity contribution is 6.19. The lowest BCUT2D eigenvalue weighted by atomic mass is 9.78. The van der Waals surface area contributed by atoms with Gasteiger partial charge < -0.3 is 0 Å². The van der Waals surface area contributed by atoms with Crippen LogP contribution in [0.2, 0.25) is 0 Å². The molecule has 0 atom stereocenters. The Morgan fingerprint density at radius 2 is 1.86 bits per heavy atom. The molecule has 6 heteroatoms. The molecule has 0 amide bonds. The lowest BCUT2D eigenvalue weighted by Crippen LogP contribution is -2.36. The first-order valence-electron chi connectivity index (χ1n) is 9.29. The van der Waals surface area contributed by atoms with Crippen LogP contribution in [0.5, 0.6) is 0 Å². The second kappa shape index (κ2) is 6.34. The maximum absolute atomic E-state index is 13.9. The molecule has 1 aromatic heterocycles. The quantitative estimate of drug-likeness (QED) is 0.294. The Labute approximate surface area is 161 Å². The fourth-order valence-corrected chi connectivity index (χ4v) is 4.18. The molecular weight excluding hydrogens is 355 g/mol. The number of hydrogen-bond donors (Lipinski definition) is 0. The molecule has 2 aromatic carbocycles. The van der Waals surface area contributed by atoms with Crippen molar-refractivity contribution in [2.45, 2.75) is 19.3 Å². The molecule has 5 nitrogen and oxygen atoms in total. The van der Waals surface area contributed by atoms with Crippen LogP contribution in [0.4, 0.5) is 4.39 Å². The molecule has 3 aromatic rings. The summed E-state index contributed by atoms with van der Waals surface area (Å²) in [5.74, 6) is -0.292. The van der Waals surface area contributed by atoms with Crippen LogP contribution in [0.1, 0.15) is 41.8 Å². The average Bonchev–Trinajstić information content (AvgIpc) is 3.00. The average molecular weight is 373 g/mol. The summed E-state index contributed by atoms with van der Waals surface area (Å²) in [6, 6.07) is 14.5. The van der Waals surface area contributed by atoms with Crippen molar-refractivity contribution in [1.29, 1.82) is 0 Å². The predicted molar refractivity (Wildman–Crippen MR) is 105 cm³/mol. The number of imidazole rings is 1. The summed E-state index contributed by atoms with van der Waals surface area (Å²) in [6.07, 6.45) is 5.16. The van der Waals surface area contributed by atoms with Crippen LogP contribution in [0.25, 0.3) is 11.3 Å². The third-order valence-corrected chi connectivity index (χ3v) is 5.56. The van der Waals surface area contributed by atoms with Crippen molar-refractivity contribution in [2.75, 3.05) is 0 Å². The van der Waals surface area contributed by atoms with Gasteiger partial charge in [0.05, 0.1) is 12.3 Å². The Kier molecular flexibility index (Phi) is 3.79. The van der Waals surface area contributed by atoms with Crippen LogP contribution in [-0.4, -0.2) is 10.3 Å². The fourth-order valence-electron chi connectivity index (χ4n) is 4.18. The van der Waals surface area contributed by atoms with Gasteiger partial charge in [-0.1, -0.05) is 35.9 Å². The molecule has 2 aliphatic rings. The van der Waals surface area contributed by atoms with Crippen LogP contribution < -0.4 is 4.57 Å². The van der Waals surface area contributed by atoms with E-state index in [2.05, 4.69) is 16.5 Å². The number of aryl methyl sites for hydroxylation is 1. The molecule has 1 heterocycles. The minimum atomic E-state index is -0.292. The van der Waals surface area contributed by atoms with E-state index in [0.717, 1.165) is 46.6 Å². The van der Waals surface area contributed by atoms with Crippen molar-refractivity contribution >= 4 is 11.3 Å². The molecule has 0 spiro atoms. The first-order valence-corrected chi connectivity index (χ1v) is 9.29. The van der Waals surface area contributed by atoms with Gasteiger partial charge in [0, 0.05) is 17.2 Å². The molecule has 1 fully saturated rings. The minimum absolute atomic E-state index is 0.292. The fraction of sp³-hybridized carbons (Fsp3) is 0.182. The first kappa shape index (κ1) is 16.7. The molecule has 0 saturated heterocycles. The monoisotopic (exact) mass is 373 g/mol. The lowest BCUT2D eigenvalue weighted by Gasteiger charge is -2.26. The SMILES string of the molecule is C[n+]1cn(-c2cccc(F)c2)c2c1/C(=N/N=O)c1ccccc1C2=C1CCC1. The second-order valence-electron chi connectivity index (χ2n) is 7.18. The maximum Gasteiger partial charge on any atom is 0.249 e. The summed E-state index contributed by atoms with van der Waals surface area (Å²) in [7, 11) is 1.91. The summed E-state index contributed by atoms with van der Waals surface area (Å²) in [6.45, 7) is 0. The van der Waals surface area contributed by atoms with Crippen LogP contribution in [0, 0.1) is 10.7 Å². The van der Waals surface area contributed by atoms with Gasteiger partial charge in [-0.3, -0.25) is 0 Å². The number of rotatable bonds is 2. The standard InChI is InChI=1S/C22H18FN4O/c1-26-13-27(16-9-5-8-15(23)12-16)21-19(14-6-4-7-14)17-10-2-3-11-18(17)20(22(21)26)24-25-28/h2-3,5,8-13H,4,6-7H2,1H3/q+1/b24-20+. The molecule has 2 aliphatic carbocycles. The van der Waals surface area contributed by atoms with Gasteiger partial charge in [-0.2, -0.15) is 4.57 Å². The minimum Gasteiger partial charge on any atom is -0.230 e. The first-order chi connectivity index (χ1) is 13.7. The van der Waals surface area contributed by atoms with Crippen LogP contribution in [-0.2, 0) is 7.05 Å². The Morgan fingerprint density at radius 1 is 1.07 bits per heavy atom. The van der Waals surface area contributed by atoms with Gasteiger partial charge >= 0.3 is 0 Å².